The first kappa shape index (κ1) is 19.6. The number of pyridine rings is 1. The fraction of sp³-hybridized carbons (Fsp3) is 0.400. The quantitative estimate of drug-likeness (QED) is 0.427. The number of nitrogens with two attached hydrogens (primary N) is 1. The molecule has 5 N–H and O–H groups in total. The molecular formula is C20H24BrN5OS. The number of benzene rings is 1. The van der Waals surface area contributed by atoms with Crippen LogP contribution in [0.15, 0.2) is 34.8 Å². The molecule has 0 aliphatic heterocycles. The Labute approximate surface area is 176 Å². The Bertz CT molecular complexity index is 955. The molecule has 3 aromatic rings. The van der Waals surface area contributed by atoms with Gasteiger partial charge in [0, 0.05) is 17.6 Å². The van der Waals surface area contributed by atoms with E-state index in [9.17, 15) is 5.11 Å². The van der Waals surface area contributed by atoms with Gasteiger partial charge in [-0.2, -0.15) is 0 Å². The highest BCUT2D eigenvalue weighted by atomic mass is 79.9. The van der Waals surface area contributed by atoms with Crippen LogP contribution in [0.4, 0.5) is 16.8 Å². The molecule has 1 aliphatic carbocycles. The van der Waals surface area contributed by atoms with E-state index in [1.807, 2.05) is 24.3 Å². The summed E-state index contributed by atoms with van der Waals surface area (Å²) in [6.07, 6.45) is 3.76. The largest absolute Gasteiger partial charge is 0.393 e. The topological polar surface area (TPSA) is 96.1 Å². The van der Waals surface area contributed by atoms with E-state index in [0.717, 1.165) is 69.2 Å². The number of thiazole rings is 1. The van der Waals surface area contributed by atoms with Crippen molar-refractivity contribution in [3.8, 4) is 0 Å². The van der Waals surface area contributed by atoms with Crippen molar-refractivity contribution in [1.29, 1.82) is 0 Å². The second kappa shape index (κ2) is 8.73. The van der Waals surface area contributed by atoms with Crippen molar-refractivity contribution >= 4 is 54.3 Å². The van der Waals surface area contributed by atoms with E-state index < -0.39 is 0 Å². The molecule has 0 atom stereocenters. The first-order valence-corrected chi connectivity index (χ1v) is 11.2. The number of hydrogen-bond acceptors (Lipinski definition) is 7. The Morgan fingerprint density at radius 3 is 2.68 bits per heavy atom. The van der Waals surface area contributed by atoms with Gasteiger partial charge in [0.1, 0.15) is 11.6 Å². The molecule has 0 bridgehead atoms. The van der Waals surface area contributed by atoms with E-state index in [2.05, 4.69) is 37.6 Å². The number of nitrogens with one attached hydrogen (secondary N) is 2. The van der Waals surface area contributed by atoms with Crippen LogP contribution in [0.1, 0.15) is 31.2 Å². The van der Waals surface area contributed by atoms with E-state index in [1.165, 1.54) is 0 Å². The molecule has 6 nitrogen and oxygen atoms in total. The summed E-state index contributed by atoms with van der Waals surface area (Å²) in [5.74, 6) is 2.13. The molecular weight excluding hydrogens is 438 g/mol. The van der Waals surface area contributed by atoms with Crippen molar-refractivity contribution in [3.63, 3.8) is 0 Å². The van der Waals surface area contributed by atoms with Crippen LogP contribution in [0.3, 0.4) is 0 Å². The summed E-state index contributed by atoms with van der Waals surface area (Å²) in [5.41, 5.74) is 7.86. The van der Waals surface area contributed by atoms with Gasteiger partial charge in [-0.25, -0.2) is 9.97 Å². The average Bonchev–Trinajstić information content (AvgIpc) is 3.08. The minimum Gasteiger partial charge on any atom is -0.393 e. The Morgan fingerprint density at radius 2 is 1.89 bits per heavy atom. The zero-order chi connectivity index (χ0) is 19.5. The molecule has 0 radical (unpaired) electrons. The third-order valence-electron chi connectivity index (χ3n) is 5.09. The number of hydrogen-bond donors (Lipinski definition) is 4. The van der Waals surface area contributed by atoms with Gasteiger partial charge in [-0.15, -0.1) is 0 Å². The lowest BCUT2D eigenvalue weighted by Crippen LogP contribution is -2.23. The SMILES string of the molecule is NCc1cc(NCC2CCC(O)CC2)nc(Nc2nc3ccc(Br)cc3s2)c1. The number of halogens is 1. The molecule has 148 valence electrons. The van der Waals surface area contributed by atoms with Crippen LogP contribution in [-0.2, 0) is 6.54 Å². The van der Waals surface area contributed by atoms with Gasteiger partial charge in [-0.3, -0.25) is 0 Å². The van der Waals surface area contributed by atoms with Crippen LogP contribution in [0.25, 0.3) is 10.2 Å². The minimum absolute atomic E-state index is 0.125. The number of aromatic nitrogens is 2. The summed E-state index contributed by atoms with van der Waals surface area (Å²) in [6.45, 7) is 1.32. The highest BCUT2D eigenvalue weighted by Gasteiger charge is 2.19. The van der Waals surface area contributed by atoms with Gasteiger partial charge in [-0.1, -0.05) is 27.3 Å². The van der Waals surface area contributed by atoms with Gasteiger partial charge in [-0.05, 0) is 67.5 Å². The predicted octanol–water partition coefficient (Wildman–Crippen LogP) is 4.62. The van der Waals surface area contributed by atoms with Crippen LogP contribution < -0.4 is 16.4 Å². The molecule has 2 heterocycles. The van der Waals surface area contributed by atoms with Crippen molar-refractivity contribution in [1.82, 2.24) is 9.97 Å². The van der Waals surface area contributed by atoms with Crippen LogP contribution in [-0.4, -0.2) is 27.7 Å². The first-order valence-electron chi connectivity index (χ1n) is 9.55. The second-order valence-corrected chi connectivity index (χ2v) is 9.21. The third kappa shape index (κ3) is 4.81. The van der Waals surface area contributed by atoms with Crippen molar-refractivity contribution in [2.75, 3.05) is 17.2 Å². The lowest BCUT2D eigenvalue weighted by molar-refractivity contribution is 0.111. The molecule has 0 amide bonds. The van der Waals surface area contributed by atoms with Crippen LogP contribution in [0, 0.1) is 5.92 Å². The summed E-state index contributed by atoms with van der Waals surface area (Å²) in [7, 11) is 0. The predicted molar refractivity (Wildman–Crippen MR) is 119 cm³/mol. The van der Waals surface area contributed by atoms with E-state index >= 15 is 0 Å². The number of aliphatic hydroxyl groups excluding tert-OH is 1. The standard InChI is InChI=1S/C20H24BrN5OS/c21-14-3-6-16-17(9-14)28-20(24-16)26-19-8-13(10-22)7-18(25-19)23-11-12-1-4-15(27)5-2-12/h3,6-9,12,15,27H,1-2,4-5,10-11,22H2,(H2,23,24,25,26). The molecule has 0 saturated heterocycles. The van der Waals surface area contributed by atoms with Gasteiger partial charge >= 0.3 is 0 Å². The molecule has 2 aromatic heterocycles. The lowest BCUT2D eigenvalue weighted by Gasteiger charge is -2.25. The number of anilines is 3. The van der Waals surface area contributed by atoms with E-state index in [1.54, 1.807) is 11.3 Å². The van der Waals surface area contributed by atoms with Crippen molar-refractivity contribution in [2.45, 2.75) is 38.3 Å². The highest BCUT2D eigenvalue weighted by Crippen LogP contribution is 2.30. The smallest absolute Gasteiger partial charge is 0.189 e. The summed E-state index contributed by atoms with van der Waals surface area (Å²) in [4.78, 5) is 9.33. The molecule has 4 rings (SSSR count). The molecule has 0 spiro atoms. The van der Waals surface area contributed by atoms with Gasteiger partial charge in [0.15, 0.2) is 5.13 Å². The molecule has 28 heavy (non-hydrogen) atoms. The fourth-order valence-corrected chi connectivity index (χ4v) is 4.94. The third-order valence-corrected chi connectivity index (χ3v) is 6.52. The van der Waals surface area contributed by atoms with Crippen molar-refractivity contribution in [2.24, 2.45) is 11.7 Å². The van der Waals surface area contributed by atoms with Gasteiger partial charge in [0.25, 0.3) is 0 Å². The van der Waals surface area contributed by atoms with Crippen LogP contribution in [0.2, 0.25) is 0 Å². The summed E-state index contributed by atoms with van der Waals surface area (Å²) >= 11 is 5.09. The zero-order valence-corrected chi connectivity index (χ0v) is 17.9. The molecule has 1 aromatic carbocycles. The Balaban J connectivity index is 1.47. The first-order chi connectivity index (χ1) is 13.6. The number of fused-ring (bicyclic) bond motifs is 1. The zero-order valence-electron chi connectivity index (χ0n) is 15.5. The number of nitrogens with zero attached hydrogens (tertiary/aromatic N) is 2. The van der Waals surface area contributed by atoms with E-state index in [0.29, 0.717) is 12.5 Å². The average molecular weight is 462 g/mol. The van der Waals surface area contributed by atoms with E-state index in [4.69, 9.17) is 10.7 Å². The Morgan fingerprint density at radius 1 is 1.11 bits per heavy atom. The van der Waals surface area contributed by atoms with Crippen molar-refractivity contribution < 1.29 is 5.11 Å². The molecule has 1 fully saturated rings. The molecule has 1 saturated carbocycles. The summed E-state index contributed by atoms with van der Waals surface area (Å²) in [6, 6.07) is 10.0. The molecule has 1 aliphatic rings. The molecule has 0 unspecified atom stereocenters. The molecule has 8 heteroatoms. The second-order valence-electron chi connectivity index (χ2n) is 7.26. The van der Waals surface area contributed by atoms with Crippen LogP contribution >= 0.6 is 27.3 Å². The van der Waals surface area contributed by atoms with E-state index in [-0.39, 0.29) is 6.10 Å². The van der Waals surface area contributed by atoms with Gasteiger partial charge < -0.3 is 21.5 Å². The summed E-state index contributed by atoms with van der Waals surface area (Å²) < 4.78 is 2.16. The Kier molecular flexibility index (Phi) is 6.10. The fourth-order valence-electron chi connectivity index (χ4n) is 3.52. The Hall–Kier alpha value is -1.74. The maximum atomic E-state index is 9.66. The monoisotopic (exact) mass is 461 g/mol. The van der Waals surface area contributed by atoms with Crippen LogP contribution in [0.5, 0.6) is 0 Å². The highest BCUT2D eigenvalue weighted by molar-refractivity contribution is 9.10. The summed E-state index contributed by atoms with van der Waals surface area (Å²) in [5, 5.41) is 17.2. The maximum Gasteiger partial charge on any atom is 0.189 e. The maximum absolute atomic E-state index is 9.66. The van der Waals surface area contributed by atoms with Gasteiger partial charge in [0.2, 0.25) is 0 Å². The van der Waals surface area contributed by atoms with Crippen molar-refractivity contribution in [3.05, 3.63) is 40.4 Å². The minimum atomic E-state index is -0.125. The normalized spacial score (nSPS) is 19.7. The number of aliphatic hydroxyl groups is 1. The van der Waals surface area contributed by atoms with Gasteiger partial charge in [0.05, 0.1) is 16.3 Å². The lowest BCUT2D eigenvalue weighted by atomic mass is 9.87. The number of rotatable bonds is 6.